The number of anilines is 1. The second kappa shape index (κ2) is 4.52. The summed E-state index contributed by atoms with van der Waals surface area (Å²) >= 11 is 1.43. The monoisotopic (exact) mass is 212 g/mol. The number of nitrogens with zero attached hydrogens (tertiary/aromatic N) is 1. The summed E-state index contributed by atoms with van der Waals surface area (Å²) < 4.78 is 5.25. The zero-order valence-electron chi connectivity index (χ0n) is 7.73. The fraction of sp³-hybridized carbons (Fsp3) is 0.556. The third-order valence-corrected chi connectivity index (χ3v) is 2.90. The Morgan fingerprint density at radius 2 is 2.64 bits per heavy atom. The third kappa shape index (κ3) is 2.30. The van der Waals surface area contributed by atoms with Crippen LogP contribution in [0.15, 0.2) is 11.7 Å². The Balaban J connectivity index is 1.88. The van der Waals surface area contributed by atoms with Crippen LogP contribution in [0.3, 0.4) is 0 Å². The Morgan fingerprint density at radius 1 is 1.71 bits per heavy atom. The molecule has 0 saturated carbocycles. The van der Waals surface area contributed by atoms with Crippen LogP contribution in [0.2, 0.25) is 0 Å². The molecular weight excluding hydrogens is 200 g/mol. The number of hydrogen-bond donors (Lipinski definition) is 1. The number of amides is 1. The van der Waals surface area contributed by atoms with Gasteiger partial charge in [0.25, 0.3) is 0 Å². The summed E-state index contributed by atoms with van der Waals surface area (Å²) in [6, 6.07) is 0. The zero-order valence-corrected chi connectivity index (χ0v) is 8.55. The van der Waals surface area contributed by atoms with Crippen molar-refractivity contribution in [3.8, 4) is 0 Å². The van der Waals surface area contributed by atoms with E-state index in [2.05, 4.69) is 10.3 Å². The predicted molar refractivity (Wildman–Crippen MR) is 54.3 cm³/mol. The van der Waals surface area contributed by atoms with E-state index in [1.165, 1.54) is 11.3 Å². The number of ether oxygens (including phenoxy) is 1. The molecule has 1 aromatic rings. The van der Waals surface area contributed by atoms with Crippen LogP contribution in [0.4, 0.5) is 5.00 Å². The molecule has 2 heterocycles. The third-order valence-electron chi connectivity index (χ3n) is 2.21. The summed E-state index contributed by atoms with van der Waals surface area (Å²) in [4.78, 5) is 15.5. The van der Waals surface area contributed by atoms with Crippen molar-refractivity contribution in [2.45, 2.75) is 12.8 Å². The van der Waals surface area contributed by atoms with Crippen molar-refractivity contribution in [1.82, 2.24) is 4.98 Å². The first-order valence-electron chi connectivity index (χ1n) is 4.63. The van der Waals surface area contributed by atoms with Gasteiger partial charge in [-0.2, -0.15) is 0 Å². The Bertz CT molecular complexity index is 294. The highest BCUT2D eigenvalue weighted by atomic mass is 32.1. The van der Waals surface area contributed by atoms with E-state index in [1.807, 2.05) is 0 Å². The highest BCUT2D eigenvalue weighted by molar-refractivity contribution is 7.13. The second-order valence-electron chi connectivity index (χ2n) is 3.27. The largest absolute Gasteiger partial charge is 0.381 e. The normalized spacial score (nSPS) is 21.9. The van der Waals surface area contributed by atoms with Gasteiger partial charge in [0.2, 0.25) is 5.91 Å². The topological polar surface area (TPSA) is 51.2 Å². The zero-order chi connectivity index (χ0) is 9.80. The molecule has 0 aromatic carbocycles. The Hall–Kier alpha value is -0.940. The first kappa shape index (κ1) is 9.61. The lowest BCUT2D eigenvalue weighted by Crippen LogP contribution is -2.29. The molecule has 14 heavy (non-hydrogen) atoms. The van der Waals surface area contributed by atoms with Gasteiger partial charge in [0, 0.05) is 6.61 Å². The van der Waals surface area contributed by atoms with Gasteiger partial charge in [-0.1, -0.05) is 0 Å². The highest BCUT2D eigenvalue weighted by Crippen LogP contribution is 2.18. The van der Waals surface area contributed by atoms with Crippen LogP contribution in [0, 0.1) is 5.92 Å². The van der Waals surface area contributed by atoms with E-state index in [9.17, 15) is 4.79 Å². The van der Waals surface area contributed by atoms with E-state index in [0.717, 1.165) is 24.4 Å². The molecule has 0 aliphatic carbocycles. The van der Waals surface area contributed by atoms with Gasteiger partial charge in [-0.25, -0.2) is 0 Å². The Kier molecular flexibility index (Phi) is 3.10. The van der Waals surface area contributed by atoms with Crippen LogP contribution in [0.5, 0.6) is 0 Å². The SMILES string of the molecule is O=C(Nc1cncs1)C1CCCOC1. The van der Waals surface area contributed by atoms with E-state index in [0.29, 0.717) is 6.61 Å². The van der Waals surface area contributed by atoms with Gasteiger partial charge < -0.3 is 10.1 Å². The predicted octanol–water partition coefficient (Wildman–Crippen LogP) is 1.51. The molecule has 0 bridgehead atoms. The number of carbonyl (C=O) groups is 1. The molecule has 0 radical (unpaired) electrons. The molecule has 1 aliphatic rings. The Labute approximate surface area is 86.3 Å². The molecule has 1 N–H and O–H groups in total. The minimum absolute atomic E-state index is 0.00542. The first-order valence-corrected chi connectivity index (χ1v) is 5.51. The van der Waals surface area contributed by atoms with E-state index < -0.39 is 0 Å². The van der Waals surface area contributed by atoms with Crippen molar-refractivity contribution < 1.29 is 9.53 Å². The molecule has 76 valence electrons. The van der Waals surface area contributed by atoms with Crippen LogP contribution in [-0.2, 0) is 9.53 Å². The minimum Gasteiger partial charge on any atom is -0.381 e. The average molecular weight is 212 g/mol. The molecule has 1 saturated heterocycles. The Morgan fingerprint density at radius 3 is 3.29 bits per heavy atom. The summed E-state index contributed by atoms with van der Waals surface area (Å²) in [5, 5.41) is 3.63. The molecule has 1 unspecified atom stereocenters. The van der Waals surface area contributed by atoms with Gasteiger partial charge in [-0.15, -0.1) is 11.3 Å². The molecule has 1 atom stereocenters. The summed E-state index contributed by atoms with van der Waals surface area (Å²) in [6.45, 7) is 1.33. The quantitative estimate of drug-likeness (QED) is 0.808. The fourth-order valence-electron chi connectivity index (χ4n) is 1.45. The number of aromatic nitrogens is 1. The maximum Gasteiger partial charge on any atom is 0.230 e. The molecule has 1 aromatic heterocycles. The van der Waals surface area contributed by atoms with Crippen LogP contribution in [0.1, 0.15) is 12.8 Å². The average Bonchev–Trinajstić information content (AvgIpc) is 2.72. The van der Waals surface area contributed by atoms with Gasteiger partial charge >= 0.3 is 0 Å². The lowest BCUT2D eigenvalue weighted by molar-refractivity contribution is -0.123. The molecule has 4 nitrogen and oxygen atoms in total. The van der Waals surface area contributed by atoms with Crippen molar-refractivity contribution in [2.24, 2.45) is 5.92 Å². The molecule has 1 aliphatic heterocycles. The van der Waals surface area contributed by atoms with Crippen molar-refractivity contribution in [1.29, 1.82) is 0 Å². The first-order chi connectivity index (χ1) is 6.86. The van der Waals surface area contributed by atoms with E-state index in [4.69, 9.17) is 4.74 Å². The number of carbonyl (C=O) groups excluding carboxylic acids is 1. The molecule has 0 spiro atoms. The maximum atomic E-state index is 11.7. The number of rotatable bonds is 2. The maximum absolute atomic E-state index is 11.7. The van der Waals surface area contributed by atoms with Crippen LogP contribution in [-0.4, -0.2) is 24.1 Å². The molecular formula is C9H12N2O2S. The van der Waals surface area contributed by atoms with Gasteiger partial charge in [-0.3, -0.25) is 9.78 Å². The molecule has 1 fully saturated rings. The van der Waals surface area contributed by atoms with E-state index in [1.54, 1.807) is 11.7 Å². The second-order valence-corrected chi connectivity index (χ2v) is 4.16. The van der Waals surface area contributed by atoms with Crippen LogP contribution in [0.25, 0.3) is 0 Å². The van der Waals surface area contributed by atoms with Crippen LogP contribution < -0.4 is 5.32 Å². The highest BCUT2D eigenvalue weighted by Gasteiger charge is 2.21. The van der Waals surface area contributed by atoms with Crippen molar-refractivity contribution in [2.75, 3.05) is 18.5 Å². The van der Waals surface area contributed by atoms with Gasteiger partial charge in [0.15, 0.2) is 0 Å². The number of hydrogen-bond acceptors (Lipinski definition) is 4. The summed E-state index contributed by atoms with van der Waals surface area (Å²) in [6.07, 6.45) is 3.55. The van der Waals surface area contributed by atoms with Gasteiger partial charge in [-0.05, 0) is 12.8 Å². The number of nitrogens with one attached hydrogen (secondary N) is 1. The van der Waals surface area contributed by atoms with Crippen LogP contribution >= 0.6 is 11.3 Å². The summed E-state index contributed by atoms with van der Waals surface area (Å²) in [7, 11) is 0. The standard InChI is InChI=1S/C9H12N2O2S/c12-9(7-2-1-3-13-5-7)11-8-4-10-6-14-8/h4,6-7H,1-3,5H2,(H,11,12). The van der Waals surface area contributed by atoms with Gasteiger partial charge in [0.05, 0.1) is 24.2 Å². The lowest BCUT2D eigenvalue weighted by atomic mass is 10.0. The summed E-state index contributed by atoms with van der Waals surface area (Å²) in [5.41, 5.74) is 1.70. The lowest BCUT2D eigenvalue weighted by Gasteiger charge is -2.20. The summed E-state index contributed by atoms with van der Waals surface area (Å²) in [5.74, 6) is 0.0554. The van der Waals surface area contributed by atoms with Gasteiger partial charge in [0.1, 0.15) is 5.00 Å². The van der Waals surface area contributed by atoms with Crippen molar-refractivity contribution >= 4 is 22.2 Å². The van der Waals surface area contributed by atoms with E-state index >= 15 is 0 Å². The molecule has 1 amide bonds. The smallest absolute Gasteiger partial charge is 0.230 e. The molecule has 2 rings (SSSR count). The minimum atomic E-state index is 0.00542. The fourth-order valence-corrected chi connectivity index (χ4v) is 1.97. The molecule has 5 heteroatoms. The number of thiazole rings is 1. The van der Waals surface area contributed by atoms with Crippen molar-refractivity contribution in [3.05, 3.63) is 11.7 Å². The van der Waals surface area contributed by atoms with E-state index in [-0.39, 0.29) is 11.8 Å². The van der Waals surface area contributed by atoms with Crippen molar-refractivity contribution in [3.63, 3.8) is 0 Å².